The lowest BCUT2D eigenvalue weighted by atomic mass is 10.5. The van der Waals surface area contributed by atoms with Gasteiger partial charge in [-0.15, -0.1) is 0 Å². The lowest BCUT2D eigenvalue weighted by Crippen LogP contribution is -1.75. The van der Waals surface area contributed by atoms with Crippen molar-refractivity contribution in [1.82, 2.24) is 0 Å². The molecule has 2 N–H and O–H groups in total. The zero-order chi connectivity index (χ0) is 5.41. The van der Waals surface area contributed by atoms with Gasteiger partial charge in [0.25, 0.3) is 0 Å². The van der Waals surface area contributed by atoms with Crippen LogP contribution in [0.25, 0.3) is 0 Å². The van der Waals surface area contributed by atoms with Gasteiger partial charge >= 0.3 is 7.69 Å². The van der Waals surface area contributed by atoms with Gasteiger partial charge in [-0.05, 0) is 6.92 Å². The summed E-state index contributed by atoms with van der Waals surface area (Å²) in [5.74, 6) is 0. The van der Waals surface area contributed by atoms with Crippen LogP contribution < -0.4 is 0 Å². The van der Waals surface area contributed by atoms with E-state index in [2.05, 4.69) is 0 Å². The Morgan fingerprint density at radius 1 is 1.67 bits per heavy atom. The second kappa shape index (κ2) is 22.7. The minimum atomic E-state index is 0. The van der Waals surface area contributed by atoms with Gasteiger partial charge in [-0.25, -0.2) is 0 Å². The highest BCUT2D eigenvalue weighted by Gasteiger charge is 1.51. The molecule has 0 saturated carbocycles. The quantitative estimate of drug-likeness (QED) is 0.286. The predicted molar refractivity (Wildman–Crippen MR) is 21.9 cm³/mol. The summed E-state index contributed by atoms with van der Waals surface area (Å²) in [5, 5.41) is 14.0. The normalized spacial score (nSPS) is 4.50. The molecule has 0 aliphatic heterocycles. The first-order valence-electron chi connectivity index (χ1n) is 1.33. The lowest BCUT2D eigenvalue weighted by molar-refractivity contribution is -0.106. The van der Waals surface area contributed by atoms with E-state index < -0.39 is 0 Å². The van der Waals surface area contributed by atoms with Crippen molar-refractivity contribution in [2.24, 2.45) is 0 Å². The fourth-order valence-electron chi connectivity index (χ4n) is 0. The summed E-state index contributed by atoms with van der Waals surface area (Å²) in [6, 6.07) is 0. The largest absolute Gasteiger partial charge is 0.482 e. The van der Waals surface area contributed by atoms with Gasteiger partial charge in [-0.2, -0.15) is 0 Å². The van der Waals surface area contributed by atoms with Crippen LogP contribution in [0.4, 0.5) is 0 Å². The molecule has 0 rings (SSSR count). The maximum absolute atomic E-state index is 8.81. The van der Waals surface area contributed by atoms with E-state index in [0.29, 0.717) is 0 Å². The van der Waals surface area contributed by atoms with Crippen molar-refractivity contribution in [3.8, 4) is 0 Å². The Kier molecular flexibility index (Phi) is 34.7. The van der Waals surface area contributed by atoms with E-state index in [1.54, 1.807) is 0 Å². The third kappa shape index (κ3) is 216. The topological polar surface area (TPSA) is 57.5 Å². The van der Waals surface area contributed by atoms with Crippen LogP contribution in [-0.2, 0) is 4.79 Å². The molecule has 6 heavy (non-hydrogen) atoms. The smallest absolute Gasteiger partial charge is 0.429 e. The van der Waals surface area contributed by atoms with Gasteiger partial charge in [-0.3, -0.25) is 0 Å². The van der Waals surface area contributed by atoms with Crippen molar-refractivity contribution in [2.75, 3.05) is 0 Å². The third-order valence-corrected chi connectivity index (χ3v) is 0. The van der Waals surface area contributed by atoms with E-state index >= 15 is 0 Å². The molecule has 0 aromatic heterocycles. The second-order valence-corrected chi connectivity index (χ2v) is 0.351. The monoisotopic (exact) mass is 89.0 g/mol. The van der Waals surface area contributed by atoms with Gasteiger partial charge in [0.2, 0.25) is 0 Å². The first-order chi connectivity index (χ1) is 2.83. The van der Waals surface area contributed by atoms with E-state index in [0.717, 1.165) is 6.29 Å². The third-order valence-electron chi connectivity index (χ3n) is 0. The number of rotatable bonds is 0. The van der Waals surface area contributed by atoms with E-state index in [9.17, 15) is 0 Å². The van der Waals surface area contributed by atoms with Crippen LogP contribution >= 0.6 is 0 Å². The highest BCUT2D eigenvalue weighted by Crippen LogP contribution is 1.13. The Morgan fingerprint density at radius 3 is 1.67 bits per heavy atom. The van der Waals surface area contributed by atoms with Gasteiger partial charge in [0.15, 0.2) is 0 Å². The highest BCUT2D eigenvalue weighted by atomic mass is 16.4. The van der Waals surface area contributed by atoms with Crippen LogP contribution in [0.15, 0.2) is 0 Å². The molecule has 1 radical (unpaired) electrons. The van der Waals surface area contributed by atoms with Crippen molar-refractivity contribution in [2.45, 2.75) is 6.92 Å². The summed E-state index contributed by atoms with van der Waals surface area (Å²) >= 11 is 0. The molecule has 0 heterocycles. The minimum Gasteiger partial charge on any atom is -0.429 e. The first kappa shape index (κ1) is 9.17. The second-order valence-electron chi connectivity index (χ2n) is 0.351. The Morgan fingerprint density at radius 2 is 1.67 bits per heavy atom. The molecule has 0 spiro atoms. The molecule has 35 valence electrons. The molecule has 4 heteroatoms. The fraction of sp³-hybridized carbons (Fsp3) is 0.500. The Hall–Kier alpha value is -0.345. The number of aldehydes is 1. The molecule has 0 aromatic carbocycles. The summed E-state index contributed by atoms with van der Waals surface area (Å²) in [4.78, 5) is 8.81. The standard InChI is InChI=1S/C2H4O.BH2O2/c1-2-3;2-1-3/h2H,1H3;2-3H. The lowest BCUT2D eigenvalue weighted by Gasteiger charge is -1.46. The average Bonchev–Trinajstić information content (AvgIpc) is 1.39. The molecule has 0 aliphatic carbocycles. The van der Waals surface area contributed by atoms with E-state index in [1.807, 2.05) is 0 Å². The van der Waals surface area contributed by atoms with Crippen molar-refractivity contribution in [3.63, 3.8) is 0 Å². The molecule has 0 bridgehead atoms. The zero-order valence-electron chi connectivity index (χ0n) is 3.46. The molecule has 0 amide bonds. The molecule has 3 nitrogen and oxygen atoms in total. The van der Waals surface area contributed by atoms with Crippen LogP contribution in [0, 0.1) is 0 Å². The predicted octanol–water partition coefficient (Wildman–Crippen LogP) is -1.29. The SMILES string of the molecule is CC=O.O[B]O. The van der Waals surface area contributed by atoms with Gasteiger partial charge < -0.3 is 14.8 Å². The Balaban J connectivity index is 0. The van der Waals surface area contributed by atoms with Gasteiger partial charge in [0.1, 0.15) is 6.29 Å². The average molecular weight is 88.9 g/mol. The highest BCUT2D eigenvalue weighted by molar-refractivity contribution is 6.13. The van der Waals surface area contributed by atoms with Gasteiger partial charge in [0, 0.05) is 0 Å². The molecule has 0 fully saturated rings. The van der Waals surface area contributed by atoms with Gasteiger partial charge in [-0.1, -0.05) is 0 Å². The summed E-state index contributed by atoms with van der Waals surface area (Å²) < 4.78 is 0. The number of hydrogen-bond donors (Lipinski definition) is 2. The molecule has 0 aromatic rings. The van der Waals surface area contributed by atoms with Crippen molar-refractivity contribution in [3.05, 3.63) is 0 Å². The number of carbonyl (C=O) groups is 1. The maximum Gasteiger partial charge on any atom is 0.482 e. The van der Waals surface area contributed by atoms with E-state index in [4.69, 9.17) is 14.8 Å². The van der Waals surface area contributed by atoms with Crippen molar-refractivity contribution in [1.29, 1.82) is 0 Å². The van der Waals surface area contributed by atoms with Crippen LogP contribution in [0.2, 0.25) is 0 Å². The van der Waals surface area contributed by atoms with E-state index in [-0.39, 0.29) is 7.69 Å². The van der Waals surface area contributed by atoms with E-state index in [1.165, 1.54) is 6.92 Å². The summed E-state index contributed by atoms with van der Waals surface area (Å²) in [7, 11) is 0. The van der Waals surface area contributed by atoms with Crippen molar-refractivity contribution >= 4 is 14.0 Å². The zero-order valence-corrected chi connectivity index (χ0v) is 3.46. The van der Waals surface area contributed by atoms with Crippen LogP contribution in [-0.4, -0.2) is 24.0 Å². The summed E-state index contributed by atoms with van der Waals surface area (Å²) in [6.45, 7) is 1.44. The number of carbonyl (C=O) groups excluding carboxylic acids is 1. The Bertz CT molecular complexity index is 22.8. The summed E-state index contributed by atoms with van der Waals surface area (Å²) in [5.41, 5.74) is 0. The van der Waals surface area contributed by atoms with Crippen LogP contribution in [0.1, 0.15) is 6.92 Å². The van der Waals surface area contributed by atoms with Gasteiger partial charge in [0.05, 0.1) is 0 Å². The molecule has 0 unspecified atom stereocenters. The Labute approximate surface area is 36.9 Å². The molecule has 0 atom stereocenters. The molecular formula is C2H6BO3. The first-order valence-corrected chi connectivity index (χ1v) is 1.33. The minimum absolute atomic E-state index is 0. The van der Waals surface area contributed by atoms with Crippen molar-refractivity contribution < 1.29 is 14.8 Å². The number of hydrogen-bond acceptors (Lipinski definition) is 3. The molecule has 0 aliphatic rings. The van der Waals surface area contributed by atoms with Crippen LogP contribution in [0.3, 0.4) is 0 Å². The molecule has 0 saturated heterocycles. The maximum atomic E-state index is 8.81. The van der Waals surface area contributed by atoms with Crippen LogP contribution in [0.5, 0.6) is 0 Å². The molecular weight excluding hydrogens is 82.8 g/mol. The summed E-state index contributed by atoms with van der Waals surface area (Å²) in [6.07, 6.45) is 0.750. The fourth-order valence-corrected chi connectivity index (χ4v) is 0.